The molecule has 1 aliphatic heterocycles. The molecule has 1 N–H and O–H groups in total. The van der Waals surface area contributed by atoms with Gasteiger partial charge in [-0.15, -0.1) is 0 Å². The number of hydrogen-bond donors (Lipinski definition) is 1. The Hall–Kier alpha value is -5.13. The van der Waals surface area contributed by atoms with Crippen LogP contribution in [0.15, 0.2) is 72.8 Å². The van der Waals surface area contributed by atoms with E-state index in [-0.39, 0.29) is 41.4 Å². The molecular weight excluding hydrogens is 587 g/mol. The largest absolute Gasteiger partial charge is 0.497 e. The quantitative estimate of drug-likeness (QED) is 0.296. The summed E-state index contributed by atoms with van der Waals surface area (Å²) in [5, 5.41) is 6.85. The number of amides is 3. The number of anilines is 1. The Morgan fingerprint density at radius 1 is 0.978 bits per heavy atom. The molecule has 1 aliphatic rings. The minimum atomic E-state index is -4.85. The molecule has 234 valence electrons. The Labute approximate surface area is 258 Å². The van der Waals surface area contributed by atoms with Gasteiger partial charge in [0, 0.05) is 37.5 Å². The van der Waals surface area contributed by atoms with Crippen molar-refractivity contribution in [3.05, 3.63) is 106 Å². The Morgan fingerprint density at radius 3 is 2.24 bits per heavy atom. The molecule has 1 aromatic heterocycles. The van der Waals surface area contributed by atoms with E-state index in [0.717, 1.165) is 10.2 Å². The van der Waals surface area contributed by atoms with Crippen molar-refractivity contribution in [3.8, 4) is 11.4 Å². The average Bonchev–Trinajstić information content (AvgIpc) is 3.42. The lowest BCUT2D eigenvalue weighted by Gasteiger charge is -2.29. The SMILES string of the molecule is COc1ccc(-n2nc(C(F)(F)F)c3c2C(=O)N(c2ccc(C(=O)N(C)C)cc2)CC3)c(C(=O)NC(C)(C)c2ccccc2)c1. The number of aromatic nitrogens is 2. The van der Waals surface area contributed by atoms with Gasteiger partial charge in [0.15, 0.2) is 5.69 Å². The molecule has 0 bridgehead atoms. The van der Waals surface area contributed by atoms with Crippen LogP contribution in [0.1, 0.15) is 61.9 Å². The Balaban J connectivity index is 1.61. The molecule has 5 rings (SSSR count). The molecule has 3 aromatic carbocycles. The molecule has 0 atom stereocenters. The molecule has 0 spiro atoms. The first-order chi connectivity index (χ1) is 21.2. The van der Waals surface area contributed by atoms with Crippen LogP contribution in [-0.4, -0.2) is 60.2 Å². The number of nitrogens with one attached hydrogen (secondary N) is 1. The summed E-state index contributed by atoms with van der Waals surface area (Å²) in [7, 11) is 4.63. The maximum atomic E-state index is 14.3. The smallest absolute Gasteiger partial charge is 0.435 e. The zero-order valence-corrected chi connectivity index (χ0v) is 25.4. The third-order valence-corrected chi connectivity index (χ3v) is 7.72. The fourth-order valence-corrected chi connectivity index (χ4v) is 5.34. The van der Waals surface area contributed by atoms with E-state index in [2.05, 4.69) is 10.4 Å². The Morgan fingerprint density at radius 2 is 1.64 bits per heavy atom. The van der Waals surface area contributed by atoms with Gasteiger partial charge in [0.2, 0.25) is 0 Å². The summed E-state index contributed by atoms with van der Waals surface area (Å²) in [5.41, 5.74) is -1.05. The lowest BCUT2D eigenvalue weighted by atomic mass is 9.93. The number of carbonyl (C=O) groups is 3. The van der Waals surface area contributed by atoms with Crippen molar-refractivity contribution in [2.45, 2.75) is 32.0 Å². The summed E-state index contributed by atoms with van der Waals surface area (Å²) in [6.45, 7) is 3.57. The average molecular weight is 620 g/mol. The van der Waals surface area contributed by atoms with Crippen LogP contribution in [0, 0.1) is 0 Å². The normalized spacial score (nSPS) is 13.3. The van der Waals surface area contributed by atoms with E-state index in [0.29, 0.717) is 17.0 Å². The first-order valence-corrected chi connectivity index (χ1v) is 14.1. The van der Waals surface area contributed by atoms with E-state index < -0.39 is 29.2 Å². The molecule has 45 heavy (non-hydrogen) atoms. The molecule has 2 heterocycles. The molecule has 12 heteroatoms. The van der Waals surface area contributed by atoms with Gasteiger partial charge in [0.25, 0.3) is 17.7 Å². The number of ether oxygens (including phenoxy) is 1. The van der Waals surface area contributed by atoms with Crippen LogP contribution >= 0.6 is 0 Å². The third kappa shape index (κ3) is 6.00. The van der Waals surface area contributed by atoms with Gasteiger partial charge in [0.1, 0.15) is 11.4 Å². The van der Waals surface area contributed by atoms with E-state index in [9.17, 15) is 27.6 Å². The van der Waals surface area contributed by atoms with Gasteiger partial charge in [-0.2, -0.15) is 18.3 Å². The second kappa shape index (κ2) is 11.8. The first kappa shape index (κ1) is 31.3. The highest BCUT2D eigenvalue weighted by molar-refractivity contribution is 6.08. The Kier molecular flexibility index (Phi) is 8.17. The lowest BCUT2D eigenvalue weighted by molar-refractivity contribution is -0.141. The van der Waals surface area contributed by atoms with Crippen molar-refractivity contribution in [3.63, 3.8) is 0 Å². The molecule has 3 amide bonds. The van der Waals surface area contributed by atoms with E-state index in [1.807, 2.05) is 30.3 Å². The van der Waals surface area contributed by atoms with E-state index in [4.69, 9.17) is 4.74 Å². The standard InChI is InChI=1S/C33H32F3N5O4/c1-32(2,21-9-7-6-8-10-21)37-29(42)25-19-23(45-5)15-16-26(25)41-27-24(28(38-41)33(34,35)36)17-18-40(31(27)44)22-13-11-20(12-14-22)30(43)39(3)4/h6-16,19H,17-18H2,1-5H3,(H,37,42). The first-order valence-electron chi connectivity index (χ1n) is 14.1. The second-order valence-electron chi connectivity index (χ2n) is 11.4. The highest BCUT2D eigenvalue weighted by Crippen LogP contribution is 2.38. The zero-order chi connectivity index (χ0) is 32.7. The maximum Gasteiger partial charge on any atom is 0.435 e. The molecule has 0 saturated heterocycles. The summed E-state index contributed by atoms with van der Waals surface area (Å²) < 4.78 is 49.1. The van der Waals surface area contributed by atoms with Gasteiger partial charge in [-0.1, -0.05) is 30.3 Å². The summed E-state index contributed by atoms with van der Waals surface area (Å²) in [4.78, 5) is 42.9. The van der Waals surface area contributed by atoms with Gasteiger partial charge in [-0.3, -0.25) is 14.4 Å². The van der Waals surface area contributed by atoms with Gasteiger partial charge >= 0.3 is 6.18 Å². The van der Waals surface area contributed by atoms with Gasteiger partial charge in [-0.05, 0) is 68.3 Å². The van der Waals surface area contributed by atoms with Crippen molar-refractivity contribution < 1.29 is 32.3 Å². The number of benzene rings is 3. The zero-order valence-electron chi connectivity index (χ0n) is 25.4. The third-order valence-electron chi connectivity index (χ3n) is 7.72. The number of alkyl halides is 3. The molecule has 0 radical (unpaired) electrons. The van der Waals surface area contributed by atoms with E-state index in [1.165, 1.54) is 35.1 Å². The van der Waals surface area contributed by atoms with Crippen molar-refractivity contribution >= 4 is 23.4 Å². The van der Waals surface area contributed by atoms with Crippen LogP contribution < -0.4 is 15.0 Å². The summed E-state index contributed by atoms with van der Waals surface area (Å²) >= 11 is 0. The van der Waals surface area contributed by atoms with Crippen molar-refractivity contribution in [2.75, 3.05) is 32.6 Å². The molecule has 0 saturated carbocycles. The second-order valence-corrected chi connectivity index (χ2v) is 11.4. The van der Waals surface area contributed by atoms with Crippen LogP contribution in [0.25, 0.3) is 5.69 Å². The van der Waals surface area contributed by atoms with E-state index in [1.54, 1.807) is 52.2 Å². The predicted molar refractivity (Wildman–Crippen MR) is 162 cm³/mol. The number of nitrogens with zero attached hydrogens (tertiary/aromatic N) is 4. The van der Waals surface area contributed by atoms with Crippen molar-refractivity contribution in [2.24, 2.45) is 0 Å². The molecule has 0 fully saturated rings. The molecule has 0 unspecified atom stereocenters. The summed E-state index contributed by atoms with van der Waals surface area (Å²) in [6, 6.07) is 19.8. The van der Waals surface area contributed by atoms with Crippen LogP contribution in [0.3, 0.4) is 0 Å². The van der Waals surface area contributed by atoms with Crippen molar-refractivity contribution in [1.29, 1.82) is 0 Å². The number of fused-ring (bicyclic) bond motifs is 1. The highest BCUT2D eigenvalue weighted by Gasteiger charge is 2.44. The van der Waals surface area contributed by atoms with E-state index >= 15 is 0 Å². The monoisotopic (exact) mass is 619 g/mol. The van der Waals surface area contributed by atoms with Crippen LogP contribution in [0.2, 0.25) is 0 Å². The molecule has 9 nitrogen and oxygen atoms in total. The molecular formula is C33H32F3N5O4. The highest BCUT2D eigenvalue weighted by atomic mass is 19.4. The number of hydrogen-bond acceptors (Lipinski definition) is 5. The van der Waals surface area contributed by atoms with Gasteiger partial charge < -0.3 is 19.9 Å². The fourth-order valence-electron chi connectivity index (χ4n) is 5.34. The van der Waals surface area contributed by atoms with Gasteiger partial charge in [0.05, 0.1) is 23.9 Å². The minimum absolute atomic E-state index is 0.0222. The molecule has 0 aliphatic carbocycles. The number of methoxy groups -OCH3 is 1. The summed E-state index contributed by atoms with van der Waals surface area (Å²) in [6.07, 6.45) is -4.98. The van der Waals surface area contributed by atoms with Gasteiger partial charge in [-0.25, -0.2) is 4.68 Å². The van der Waals surface area contributed by atoms with Crippen molar-refractivity contribution in [1.82, 2.24) is 20.0 Å². The molecule has 4 aromatic rings. The predicted octanol–water partition coefficient (Wildman–Crippen LogP) is 5.47. The Bertz CT molecular complexity index is 1760. The van der Waals surface area contributed by atoms with Crippen LogP contribution in [0.5, 0.6) is 5.75 Å². The fraction of sp³-hybridized carbons (Fsp3) is 0.273. The minimum Gasteiger partial charge on any atom is -0.497 e. The van der Waals surface area contributed by atoms with Crippen LogP contribution in [0.4, 0.5) is 18.9 Å². The number of rotatable bonds is 7. The lowest BCUT2D eigenvalue weighted by Crippen LogP contribution is -2.41. The maximum absolute atomic E-state index is 14.3. The summed E-state index contributed by atoms with van der Waals surface area (Å²) in [5.74, 6) is -1.27. The topological polar surface area (TPSA) is 96.8 Å². The van der Waals surface area contributed by atoms with Crippen LogP contribution in [-0.2, 0) is 18.1 Å². The number of halogens is 3. The number of carbonyl (C=O) groups excluding carboxylic acids is 3.